The molecule has 0 aliphatic heterocycles. The minimum absolute atomic E-state index is 0.0257. The van der Waals surface area contributed by atoms with Gasteiger partial charge in [0.2, 0.25) is 0 Å². The number of rotatable bonds is 1. The first-order chi connectivity index (χ1) is 4.24. The molecule has 0 aliphatic rings. The van der Waals surface area contributed by atoms with E-state index in [1.165, 1.54) is 0 Å². The lowest BCUT2D eigenvalue weighted by Gasteiger charge is -1.84. The normalized spacial score (nSPS) is 10.1. The predicted molar refractivity (Wildman–Crippen MR) is 37.1 cm³/mol. The largest absolute Gasteiger partial charge is 0.454 e. The van der Waals surface area contributed by atoms with Gasteiger partial charge in [0.25, 0.3) is 0 Å². The Morgan fingerprint density at radius 3 is 2.67 bits per heavy atom. The molecule has 0 atom stereocenters. The van der Waals surface area contributed by atoms with Crippen LogP contribution >= 0.6 is 15.9 Å². The van der Waals surface area contributed by atoms with Crippen LogP contribution in [0.4, 0.5) is 0 Å². The highest BCUT2D eigenvalue weighted by Crippen LogP contribution is 2.20. The van der Waals surface area contributed by atoms with Gasteiger partial charge in [0.05, 0.1) is 6.61 Å². The Labute approximate surface area is 61.6 Å². The van der Waals surface area contributed by atoms with Gasteiger partial charge in [-0.1, -0.05) is 0 Å². The number of aliphatic hydroxyl groups is 1. The topological polar surface area (TPSA) is 33.4 Å². The predicted octanol–water partition coefficient (Wildman–Crippen LogP) is 1.84. The summed E-state index contributed by atoms with van der Waals surface area (Å²) >= 11 is 3.15. The summed E-state index contributed by atoms with van der Waals surface area (Å²) in [6.07, 6.45) is 0. The lowest BCUT2D eigenvalue weighted by Crippen LogP contribution is -1.76. The number of hydrogen-bond donors (Lipinski definition) is 1. The number of hydrogen-bond acceptors (Lipinski definition) is 2. The van der Waals surface area contributed by atoms with Crippen LogP contribution in [0, 0.1) is 6.92 Å². The van der Waals surface area contributed by atoms with E-state index in [1.807, 2.05) is 6.92 Å². The molecule has 0 radical (unpaired) electrons. The summed E-state index contributed by atoms with van der Waals surface area (Å²) < 4.78 is 5.69. The third-order valence-electron chi connectivity index (χ3n) is 1.05. The van der Waals surface area contributed by atoms with E-state index in [1.54, 1.807) is 6.07 Å². The first-order valence-electron chi connectivity index (χ1n) is 2.59. The van der Waals surface area contributed by atoms with Gasteiger partial charge in [-0.3, -0.25) is 0 Å². The summed E-state index contributed by atoms with van der Waals surface area (Å²) in [7, 11) is 0. The smallest absolute Gasteiger partial charge is 0.174 e. The Balaban J connectivity index is 3.01. The maximum absolute atomic E-state index is 8.64. The molecule has 1 aromatic rings. The Kier molecular flexibility index (Phi) is 1.93. The van der Waals surface area contributed by atoms with Crippen molar-refractivity contribution in [2.24, 2.45) is 0 Å². The summed E-state index contributed by atoms with van der Waals surface area (Å²) in [5.74, 6) is 0.811. The number of aliphatic hydroxyl groups excluding tert-OH is 1. The molecule has 0 amide bonds. The van der Waals surface area contributed by atoms with Crippen LogP contribution in [0.3, 0.4) is 0 Å². The van der Waals surface area contributed by atoms with Gasteiger partial charge in [-0.25, -0.2) is 0 Å². The van der Waals surface area contributed by atoms with Gasteiger partial charge in [0.15, 0.2) is 4.67 Å². The molecule has 0 saturated heterocycles. The summed E-state index contributed by atoms with van der Waals surface area (Å²) in [5, 5.41) is 8.64. The molecule has 0 aliphatic carbocycles. The lowest BCUT2D eigenvalue weighted by atomic mass is 10.3. The van der Waals surface area contributed by atoms with Gasteiger partial charge in [-0.15, -0.1) is 0 Å². The number of aryl methyl sites for hydroxylation is 1. The van der Waals surface area contributed by atoms with Crippen LogP contribution in [0.15, 0.2) is 15.2 Å². The van der Waals surface area contributed by atoms with Crippen LogP contribution in [0.2, 0.25) is 0 Å². The quantitative estimate of drug-likeness (QED) is 0.734. The minimum Gasteiger partial charge on any atom is -0.454 e. The van der Waals surface area contributed by atoms with E-state index < -0.39 is 0 Å². The molecule has 0 aromatic carbocycles. The molecule has 50 valence electrons. The summed E-state index contributed by atoms with van der Waals surface area (Å²) in [6.45, 7) is 1.86. The zero-order valence-electron chi connectivity index (χ0n) is 5.02. The Bertz CT molecular complexity index is 205. The first kappa shape index (κ1) is 6.83. The summed E-state index contributed by atoms with van der Waals surface area (Å²) in [5.41, 5.74) is 0.799. The zero-order valence-corrected chi connectivity index (χ0v) is 6.60. The van der Waals surface area contributed by atoms with E-state index in [0.717, 1.165) is 11.3 Å². The second-order valence-electron chi connectivity index (χ2n) is 1.81. The monoisotopic (exact) mass is 190 g/mol. The van der Waals surface area contributed by atoms with Crippen molar-refractivity contribution in [3.05, 3.63) is 22.1 Å². The number of furan rings is 1. The van der Waals surface area contributed by atoms with Crippen LogP contribution in [-0.4, -0.2) is 5.11 Å². The second kappa shape index (κ2) is 2.54. The lowest BCUT2D eigenvalue weighted by molar-refractivity contribution is 0.279. The average Bonchev–Trinajstić information content (AvgIpc) is 2.10. The zero-order chi connectivity index (χ0) is 6.85. The molecule has 0 saturated carbocycles. The fourth-order valence-electron chi connectivity index (χ4n) is 0.646. The third-order valence-corrected chi connectivity index (χ3v) is 1.72. The van der Waals surface area contributed by atoms with Crippen molar-refractivity contribution in [1.29, 1.82) is 0 Å². The van der Waals surface area contributed by atoms with Gasteiger partial charge >= 0.3 is 0 Å². The first-order valence-corrected chi connectivity index (χ1v) is 3.39. The van der Waals surface area contributed by atoms with Gasteiger partial charge in [-0.05, 0) is 28.9 Å². The standard InChI is InChI=1S/C6H7BrO2/c1-4-2-5(3-8)6(7)9-4/h2,8H,3H2,1H3. The van der Waals surface area contributed by atoms with E-state index in [0.29, 0.717) is 4.67 Å². The molecule has 0 fully saturated rings. The maximum atomic E-state index is 8.64. The van der Waals surface area contributed by atoms with Crippen LogP contribution in [0.25, 0.3) is 0 Å². The fourth-order valence-corrected chi connectivity index (χ4v) is 1.14. The molecular formula is C6H7BrO2. The van der Waals surface area contributed by atoms with E-state index in [4.69, 9.17) is 9.52 Å². The third kappa shape index (κ3) is 1.34. The average molecular weight is 191 g/mol. The molecule has 0 spiro atoms. The highest BCUT2D eigenvalue weighted by molar-refractivity contribution is 9.10. The molecule has 0 unspecified atom stereocenters. The summed E-state index contributed by atoms with van der Waals surface area (Å²) in [6, 6.07) is 1.80. The van der Waals surface area contributed by atoms with Crippen molar-refractivity contribution in [1.82, 2.24) is 0 Å². The van der Waals surface area contributed by atoms with Gasteiger partial charge in [0, 0.05) is 5.56 Å². The van der Waals surface area contributed by atoms with Crippen LogP contribution in [-0.2, 0) is 6.61 Å². The van der Waals surface area contributed by atoms with E-state index in [9.17, 15) is 0 Å². The van der Waals surface area contributed by atoms with Crippen molar-refractivity contribution < 1.29 is 9.52 Å². The molecule has 9 heavy (non-hydrogen) atoms. The van der Waals surface area contributed by atoms with Crippen LogP contribution in [0.1, 0.15) is 11.3 Å². The Morgan fingerprint density at radius 2 is 2.44 bits per heavy atom. The van der Waals surface area contributed by atoms with E-state index in [-0.39, 0.29) is 6.61 Å². The maximum Gasteiger partial charge on any atom is 0.174 e. The van der Waals surface area contributed by atoms with Gasteiger partial charge in [-0.2, -0.15) is 0 Å². The van der Waals surface area contributed by atoms with Crippen molar-refractivity contribution >= 4 is 15.9 Å². The SMILES string of the molecule is Cc1cc(CO)c(Br)o1. The van der Waals surface area contributed by atoms with Crippen molar-refractivity contribution in [3.63, 3.8) is 0 Å². The molecule has 1 rings (SSSR count). The molecular weight excluding hydrogens is 184 g/mol. The highest BCUT2D eigenvalue weighted by Gasteiger charge is 2.02. The molecule has 1 aromatic heterocycles. The second-order valence-corrected chi connectivity index (χ2v) is 2.53. The van der Waals surface area contributed by atoms with E-state index in [2.05, 4.69) is 15.9 Å². The highest BCUT2D eigenvalue weighted by atomic mass is 79.9. The van der Waals surface area contributed by atoms with E-state index >= 15 is 0 Å². The molecule has 1 N–H and O–H groups in total. The molecule has 2 nitrogen and oxygen atoms in total. The van der Waals surface area contributed by atoms with Gasteiger partial charge in [0.1, 0.15) is 5.76 Å². The molecule has 1 heterocycles. The Hall–Kier alpha value is -0.280. The van der Waals surface area contributed by atoms with Crippen LogP contribution in [0.5, 0.6) is 0 Å². The van der Waals surface area contributed by atoms with Crippen molar-refractivity contribution in [2.75, 3.05) is 0 Å². The van der Waals surface area contributed by atoms with Crippen LogP contribution < -0.4 is 0 Å². The van der Waals surface area contributed by atoms with Crippen molar-refractivity contribution in [3.8, 4) is 0 Å². The minimum atomic E-state index is 0.0257. The van der Waals surface area contributed by atoms with Gasteiger partial charge < -0.3 is 9.52 Å². The van der Waals surface area contributed by atoms with Crippen molar-refractivity contribution in [2.45, 2.75) is 13.5 Å². The summed E-state index contributed by atoms with van der Waals surface area (Å²) in [4.78, 5) is 0. The molecule has 3 heteroatoms. The Morgan fingerprint density at radius 1 is 1.78 bits per heavy atom. The molecule has 0 bridgehead atoms. The number of halogens is 1. The fraction of sp³-hybridized carbons (Fsp3) is 0.333.